The summed E-state index contributed by atoms with van der Waals surface area (Å²) in [6, 6.07) is 7.02. The number of benzene rings is 1. The van der Waals surface area contributed by atoms with E-state index in [0.29, 0.717) is 0 Å². The lowest BCUT2D eigenvalue weighted by atomic mass is 9.93. The fourth-order valence-electron chi connectivity index (χ4n) is 3.73. The molecule has 2 saturated heterocycles. The summed E-state index contributed by atoms with van der Waals surface area (Å²) in [6.07, 6.45) is 1.25. The van der Waals surface area contributed by atoms with Gasteiger partial charge in [-0.05, 0) is 65.0 Å². The second kappa shape index (κ2) is 5.72. The number of hydrogen-bond acceptors (Lipinski definition) is 2. The van der Waals surface area contributed by atoms with Gasteiger partial charge in [-0.25, -0.2) is 0 Å². The van der Waals surface area contributed by atoms with Crippen molar-refractivity contribution in [3.05, 3.63) is 33.3 Å². The predicted octanol–water partition coefficient (Wildman–Crippen LogP) is 3.53. The highest BCUT2D eigenvalue weighted by Gasteiger charge is 2.42. The number of fused-ring (bicyclic) bond motifs is 1. The van der Waals surface area contributed by atoms with Crippen LogP contribution in [-0.2, 0) is 6.54 Å². The molecule has 2 nitrogen and oxygen atoms in total. The maximum atomic E-state index is 6.06. The lowest BCUT2D eigenvalue weighted by Gasteiger charge is -2.27. The van der Waals surface area contributed by atoms with Crippen LogP contribution in [0.15, 0.2) is 22.7 Å². The Kier molecular flexibility index (Phi) is 4.18. The van der Waals surface area contributed by atoms with Crippen molar-refractivity contribution >= 4 is 27.5 Å². The number of nitrogens with one attached hydrogen (secondary N) is 1. The molecule has 0 aromatic heterocycles. The summed E-state index contributed by atoms with van der Waals surface area (Å²) < 4.78 is 1.00. The zero-order valence-electron chi connectivity index (χ0n) is 11.2. The average Bonchev–Trinajstić information content (AvgIpc) is 2.94. The molecule has 2 aliphatic heterocycles. The standard InChI is InChI=1S/C15H20BrClN2/c1-2-15-12-7-18-6-11(12)9-19(15)8-10-3-4-14(17)13(16)5-10/h3-5,11-12,15,18H,2,6-9H2,1H3. The summed E-state index contributed by atoms with van der Waals surface area (Å²) in [5, 5.41) is 4.33. The Balaban J connectivity index is 1.74. The largest absolute Gasteiger partial charge is 0.316 e. The van der Waals surface area contributed by atoms with Crippen molar-refractivity contribution < 1.29 is 0 Å². The van der Waals surface area contributed by atoms with Gasteiger partial charge in [-0.2, -0.15) is 0 Å². The molecule has 2 fully saturated rings. The summed E-state index contributed by atoms with van der Waals surface area (Å²) in [7, 11) is 0. The van der Waals surface area contributed by atoms with Gasteiger partial charge in [0.05, 0.1) is 5.02 Å². The van der Waals surface area contributed by atoms with Gasteiger partial charge in [0.1, 0.15) is 0 Å². The maximum absolute atomic E-state index is 6.06. The molecule has 2 aliphatic rings. The van der Waals surface area contributed by atoms with E-state index < -0.39 is 0 Å². The van der Waals surface area contributed by atoms with E-state index in [1.54, 1.807) is 0 Å². The summed E-state index contributed by atoms with van der Waals surface area (Å²) in [5.74, 6) is 1.70. The first-order valence-electron chi connectivity index (χ1n) is 7.07. The van der Waals surface area contributed by atoms with Crippen LogP contribution in [0.3, 0.4) is 0 Å². The summed E-state index contributed by atoms with van der Waals surface area (Å²) in [4.78, 5) is 2.66. The molecule has 0 bridgehead atoms. The summed E-state index contributed by atoms with van der Waals surface area (Å²) >= 11 is 9.58. The Bertz CT molecular complexity index is 465. The van der Waals surface area contributed by atoms with E-state index in [1.807, 2.05) is 6.07 Å². The van der Waals surface area contributed by atoms with Crippen LogP contribution in [0.4, 0.5) is 0 Å². The molecule has 0 spiro atoms. The van der Waals surface area contributed by atoms with Crippen LogP contribution >= 0.6 is 27.5 Å². The molecule has 1 aromatic carbocycles. The second-order valence-corrected chi connectivity index (χ2v) is 7.00. The SMILES string of the molecule is CCC1C2CNCC2CN1Cc1ccc(Cl)c(Br)c1. The molecule has 2 heterocycles. The minimum atomic E-state index is 0.731. The zero-order chi connectivity index (χ0) is 13.4. The van der Waals surface area contributed by atoms with Gasteiger partial charge in [0.2, 0.25) is 0 Å². The van der Waals surface area contributed by atoms with Crippen LogP contribution in [-0.4, -0.2) is 30.6 Å². The van der Waals surface area contributed by atoms with Crippen molar-refractivity contribution in [2.24, 2.45) is 11.8 Å². The predicted molar refractivity (Wildman–Crippen MR) is 83.5 cm³/mol. The molecule has 1 N–H and O–H groups in total. The van der Waals surface area contributed by atoms with Gasteiger partial charge in [-0.3, -0.25) is 4.90 Å². The minimum absolute atomic E-state index is 0.731. The van der Waals surface area contributed by atoms with Gasteiger partial charge in [-0.1, -0.05) is 24.6 Å². The van der Waals surface area contributed by atoms with Crippen LogP contribution in [0.1, 0.15) is 18.9 Å². The Morgan fingerprint density at radius 2 is 2.26 bits per heavy atom. The van der Waals surface area contributed by atoms with Crippen LogP contribution in [0, 0.1) is 11.8 Å². The van der Waals surface area contributed by atoms with E-state index in [4.69, 9.17) is 11.6 Å². The van der Waals surface area contributed by atoms with E-state index in [9.17, 15) is 0 Å². The van der Waals surface area contributed by atoms with Crippen molar-refractivity contribution in [2.75, 3.05) is 19.6 Å². The van der Waals surface area contributed by atoms with Gasteiger partial charge in [-0.15, -0.1) is 0 Å². The molecule has 0 aliphatic carbocycles. The highest BCUT2D eigenvalue weighted by Crippen LogP contribution is 2.35. The van der Waals surface area contributed by atoms with Crippen molar-refractivity contribution in [2.45, 2.75) is 25.9 Å². The highest BCUT2D eigenvalue weighted by atomic mass is 79.9. The molecule has 0 amide bonds. The number of halogens is 2. The molecule has 4 heteroatoms. The first kappa shape index (κ1) is 13.9. The first-order valence-corrected chi connectivity index (χ1v) is 8.25. The summed E-state index contributed by atoms with van der Waals surface area (Å²) in [6.45, 7) is 6.99. The van der Waals surface area contributed by atoms with Gasteiger partial charge in [0.15, 0.2) is 0 Å². The molecule has 3 rings (SSSR count). The fourth-order valence-corrected chi connectivity index (χ4v) is 4.27. The molecule has 0 saturated carbocycles. The molecular formula is C15H20BrClN2. The van der Waals surface area contributed by atoms with Crippen LogP contribution in [0.2, 0.25) is 5.02 Å². The van der Waals surface area contributed by atoms with E-state index in [-0.39, 0.29) is 0 Å². The van der Waals surface area contributed by atoms with E-state index in [0.717, 1.165) is 33.9 Å². The lowest BCUT2D eigenvalue weighted by molar-refractivity contribution is 0.210. The Hall–Kier alpha value is -0.0900. The van der Waals surface area contributed by atoms with Crippen molar-refractivity contribution in [1.82, 2.24) is 10.2 Å². The number of rotatable bonds is 3. The molecule has 0 radical (unpaired) electrons. The Morgan fingerprint density at radius 1 is 1.42 bits per heavy atom. The highest BCUT2D eigenvalue weighted by molar-refractivity contribution is 9.10. The minimum Gasteiger partial charge on any atom is -0.316 e. The Morgan fingerprint density at radius 3 is 3.00 bits per heavy atom. The quantitative estimate of drug-likeness (QED) is 0.903. The second-order valence-electron chi connectivity index (χ2n) is 5.74. The molecule has 3 atom stereocenters. The van der Waals surface area contributed by atoms with E-state index in [2.05, 4.69) is 45.2 Å². The van der Waals surface area contributed by atoms with Crippen LogP contribution < -0.4 is 5.32 Å². The number of hydrogen-bond donors (Lipinski definition) is 1. The molecule has 3 unspecified atom stereocenters. The lowest BCUT2D eigenvalue weighted by Crippen LogP contribution is -2.34. The van der Waals surface area contributed by atoms with Gasteiger partial charge in [0, 0.05) is 23.6 Å². The van der Waals surface area contributed by atoms with Crippen molar-refractivity contribution in [1.29, 1.82) is 0 Å². The molecule has 104 valence electrons. The third kappa shape index (κ3) is 2.71. The van der Waals surface area contributed by atoms with Crippen molar-refractivity contribution in [3.63, 3.8) is 0 Å². The molecule has 1 aromatic rings. The van der Waals surface area contributed by atoms with Gasteiger partial charge >= 0.3 is 0 Å². The van der Waals surface area contributed by atoms with Crippen molar-refractivity contribution in [3.8, 4) is 0 Å². The first-order chi connectivity index (χ1) is 9.19. The van der Waals surface area contributed by atoms with Crippen LogP contribution in [0.5, 0.6) is 0 Å². The third-order valence-electron chi connectivity index (χ3n) is 4.61. The van der Waals surface area contributed by atoms with E-state index >= 15 is 0 Å². The zero-order valence-corrected chi connectivity index (χ0v) is 13.5. The normalized spacial score (nSPS) is 30.8. The maximum Gasteiger partial charge on any atom is 0.0548 e. The van der Waals surface area contributed by atoms with Gasteiger partial charge in [0.25, 0.3) is 0 Å². The van der Waals surface area contributed by atoms with Crippen LogP contribution in [0.25, 0.3) is 0 Å². The third-order valence-corrected chi connectivity index (χ3v) is 5.83. The summed E-state index contributed by atoms with van der Waals surface area (Å²) in [5.41, 5.74) is 1.35. The number of nitrogens with zero attached hydrogens (tertiary/aromatic N) is 1. The average molecular weight is 344 g/mol. The number of likely N-dealkylation sites (tertiary alicyclic amines) is 1. The van der Waals surface area contributed by atoms with E-state index in [1.165, 1.54) is 31.6 Å². The molecular weight excluding hydrogens is 324 g/mol. The Labute approximate surface area is 128 Å². The topological polar surface area (TPSA) is 15.3 Å². The fraction of sp³-hybridized carbons (Fsp3) is 0.600. The monoisotopic (exact) mass is 342 g/mol. The smallest absolute Gasteiger partial charge is 0.0548 e. The molecule has 19 heavy (non-hydrogen) atoms. The van der Waals surface area contributed by atoms with Gasteiger partial charge < -0.3 is 5.32 Å².